The molecule has 0 bridgehead atoms. The second-order valence-electron chi connectivity index (χ2n) is 6.50. The molecule has 17 heavy (non-hydrogen) atoms. The maximum atomic E-state index is 11.3. The smallest absolute Gasteiger partial charge is 0.320 e. The molecular formula is C14H27NO2. The molecule has 1 aliphatic heterocycles. The fourth-order valence-electron chi connectivity index (χ4n) is 2.46. The highest BCUT2D eigenvalue weighted by Gasteiger charge is 2.32. The van der Waals surface area contributed by atoms with Crippen molar-refractivity contribution in [2.24, 2.45) is 11.3 Å². The van der Waals surface area contributed by atoms with E-state index in [0.29, 0.717) is 5.92 Å². The lowest BCUT2D eigenvalue weighted by Gasteiger charge is -2.38. The van der Waals surface area contributed by atoms with Crippen LogP contribution in [0.5, 0.6) is 0 Å². The van der Waals surface area contributed by atoms with Gasteiger partial charge in [0.25, 0.3) is 0 Å². The molecule has 1 heterocycles. The van der Waals surface area contributed by atoms with Gasteiger partial charge in [0.1, 0.15) is 6.04 Å². The van der Waals surface area contributed by atoms with Crippen LogP contribution < -0.4 is 0 Å². The minimum Gasteiger partial charge on any atom is -0.480 e. The molecule has 0 radical (unpaired) electrons. The van der Waals surface area contributed by atoms with Crippen molar-refractivity contribution >= 4 is 5.97 Å². The zero-order chi connectivity index (χ0) is 13.1. The summed E-state index contributed by atoms with van der Waals surface area (Å²) in [7, 11) is 0. The average Bonchev–Trinajstić information content (AvgIpc) is 2.25. The summed E-state index contributed by atoms with van der Waals surface area (Å²) in [5.74, 6) is -0.0426. The Morgan fingerprint density at radius 1 is 1.41 bits per heavy atom. The predicted octanol–water partition coefficient (Wildman–Crippen LogP) is 3.00. The minimum atomic E-state index is -0.642. The predicted molar refractivity (Wildman–Crippen MR) is 70.1 cm³/mol. The first-order valence-electron chi connectivity index (χ1n) is 6.80. The van der Waals surface area contributed by atoms with Gasteiger partial charge in [-0.05, 0) is 43.7 Å². The minimum absolute atomic E-state index is 0.254. The number of nitrogens with zero attached hydrogens (tertiary/aromatic N) is 1. The topological polar surface area (TPSA) is 40.5 Å². The van der Waals surface area contributed by atoms with Crippen LogP contribution in [0.3, 0.4) is 0 Å². The van der Waals surface area contributed by atoms with Gasteiger partial charge in [0.05, 0.1) is 0 Å². The number of rotatable bonds is 4. The Bertz CT molecular complexity index is 257. The van der Waals surface area contributed by atoms with Crippen LogP contribution in [0, 0.1) is 11.3 Å². The van der Waals surface area contributed by atoms with Gasteiger partial charge in [-0.1, -0.05) is 34.1 Å². The molecule has 1 N–H and O–H groups in total. The molecule has 2 unspecified atom stereocenters. The van der Waals surface area contributed by atoms with Gasteiger partial charge in [-0.15, -0.1) is 0 Å². The third-order valence-electron chi connectivity index (χ3n) is 3.83. The summed E-state index contributed by atoms with van der Waals surface area (Å²) in [5.41, 5.74) is 0.282. The Kier molecular flexibility index (Phi) is 4.99. The quantitative estimate of drug-likeness (QED) is 0.822. The molecule has 0 spiro atoms. The molecule has 0 aliphatic carbocycles. The Hall–Kier alpha value is -0.570. The van der Waals surface area contributed by atoms with E-state index in [1.54, 1.807) is 0 Å². The maximum absolute atomic E-state index is 11.3. The molecule has 0 aromatic carbocycles. The number of hydrogen-bond donors (Lipinski definition) is 1. The van der Waals surface area contributed by atoms with Gasteiger partial charge >= 0.3 is 5.97 Å². The molecule has 0 amide bonds. The lowest BCUT2D eigenvalue weighted by Crippen LogP contribution is -2.48. The summed E-state index contributed by atoms with van der Waals surface area (Å²) in [6.07, 6.45) is 4.16. The van der Waals surface area contributed by atoms with Crippen molar-refractivity contribution in [2.45, 2.75) is 59.4 Å². The van der Waals surface area contributed by atoms with Crippen LogP contribution in [0.2, 0.25) is 0 Å². The molecule has 2 atom stereocenters. The number of aliphatic carboxylic acids is 1. The van der Waals surface area contributed by atoms with Gasteiger partial charge in [-0.25, -0.2) is 0 Å². The second kappa shape index (κ2) is 5.85. The molecule has 1 fully saturated rings. The maximum Gasteiger partial charge on any atom is 0.320 e. The number of carbonyl (C=O) groups is 1. The molecule has 3 heteroatoms. The first-order valence-corrected chi connectivity index (χ1v) is 6.80. The lowest BCUT2D eigenvalue weighted by atomic mass is 9.87. The normalized spacial score (nSPS) is 27.1. The highest BCUT2D eigenvalue weighted by atomic mass is 16.4. The monoisotopic (exact) mass is 241 g/mol. The highest BCUT2D eigenvalue weighted by molar-refractivity contribution is 5.73. The third-order valence-corrected chi connectivity index (χ3v) is 3.83. The molecule has 100 valence electrons. The van der Waals surface area contributed by atoms with Crippen molar-refractivity contribution in [3.05, 3.63) is 0 Å². The van der Waals surface area contributed by atoms with Crippen LogP contribution in [0.15, 0.2) is 0 Å². The van der Waals surface area contributed by atoms with Crippen LogP contribution in [0.25, 0.3) is 0 Å². The molecule has 1 saturated heterocycles. The number of carboxylic acid groups (broad SMARTS) is 1. The fourth-order valence-corrected chi connectivity index (χ4v) is 2.46. The Morgan fingerprint density at radius 3 is 2.53 bits per heavy atom. The van der Waals surface area contributed by atoms with Crippen molar-refractivity contribution in [1.82, 2.24) is 4.90 Å². The van der Waals surface area contributed by atoms with Gasteiger partial charge in [0.2, 0.25) is 0 Å². The summed E-state index contributed by atoms with van der Waals surface area (Å²) in [5, 5.41) is 9.31. The van der Waals surface area contributed by atoms with E-state index in [0.717, 1.165) is 38.8 Å². The number of hydrogen-bond acceptors (Lipinski definition) is 2. The van der Waals surface area contributed by atoms with Gasteiger partial charge in [-0.2, -0.15) is 0 Å². The standard InChI is InChI=1S/C14H27NO2/c1-5-11-6-8-15(9-7-14(2,3)4)12(10-11)13(16)17/h11-12H,5-10H2,1-4H3,(H,16,17). The highest BCUT2D eigenvalue weighted by Crippen LogP contribution is 2.27. The van der Waals surface area contributed by atoms with E-state index >= 15 is 0 Å². The van der Waals surface area contributed by atoms with Crippen LogP contribution >= 0.6 is 0 Å². The molecule has 1 rings (SSSR count). The van der Waals surface area contributed by atoms with Crippen molar-refractivity contribution in [2.75, 3.05) is 13.1 Å². The van der Waals surface area contributed by atoms with E-state index in [2.05, 4.69) is 32.6 Å². The van der Waals surface area contributed by atoms with Gasteiger partial charge in [0, 0.05) is 0 Å². The Balaban J connectivity index is 2.55. The van der Waals surface area contributed by atoms with E-state index in [4.69, 9.17) is 0 Å². The zero-order valence-electron chi connectivity index (χ0n) is 11.7. The van der Waals surface area contributed by atoms with E-state index in [-0.39, 0.29) is 11.5 Å². The van der Waals surface area contributed by atoms with Gasteiger partial charge < -0.3 is 5.11 Å². The largest absolute Gasteiger partial charge is 0.480 e. The SMILES string of the molecule is CCC1CCN(CCC(C)(C)C)C(C(=O)O)C1. The summed E-state index contributed by atoms with van der Waals surface area (Å²) in [4.78, 5) is 13.5. The first-order chi connectivity index (χ1) is 7.83. The Labute approximate surface area is 105 Å². The molecule has 0 aromatic heterocycles. The molecule has 3 nitrogen and oxygen atoms in total. The van der Waals surface area contributed by atoms with Crippen molar-refractivity contribution in [3.8, 4) is 0 Å². The van der Waals surface area contributed by atoms with Gasteiger partial charge in [0.15, 0.2) is 0 Å². The van der Waals surface area contributed by atoms with Crippen molar-refractivity contribution in [3.63, 3.8) is 0 Å². The number of carboxylic acids is 1. The van der Waals surface area contributed by atoms with Crippen LogP contribution in [0.4, 0.5) is 0 Å². The van der Waals surface area contributed by atoms with Crippen LogP contribution in [-0.2, 0) is 4.79 Å². The zero-order valence-corrected chi connectivity index (χ0v) is 11.7. The first kappa shape index (κ1) is 14.5. The van der Waals surface area contributed by atoms with Gasteiger partial charge in [-0.3, -0.25) is 9.69 Å². The van der Waals surface area contributed by atoms with Crippen molar-refractivity contribution < 1.29 is 9.90 Å². The summed E-state index contributed by atoms with van der Waals surface area (Å²) < 4.78 is 0. The average molecular weight is 241 g/mol. The fraction of sp³-hybridized carbons (Fsp3) is 0.929. The van der Waals surface area contributed by atoms with E-state index < -0.39 is 5.97 Å². The Morgan fingerprint density at radius 2 is 2.06 bits per heavy atom. The van der Waals surface area contributed by atoms with Crippen LogP contribution in [-0.4, -0.2) is 35.1 Å². The van der Waals surface area contributed by atoms with E-state index in [1.807, 2.05) is 0 Å². The van der Waals surface area contributed by atoms with Crippen molar-refractivity contribution in [1.29, 1.82) is 0 Å². The molecular weight excluding hydrogens is 214 g/mol. The summed E-state index contributed by atoms with van der Waals surface area (Å²) >= 11 is 0. The third kappa shape index (κ3) is 4.66. The van der Waals surface area contributed by atoms with E-state index in [1.165, 1.54) is 0 Å². The summed E-state index contributed by atoms with van der Waals surface area (Å²) in [6, 6.07) is -0.254. The molecule has 0 aromatic rings. The summed E-state index contributed by atoms with van der Waals surface area (Å²) in [6.45, 7) is 10.7. The molecule has 0 saturated carbocycles. The molecule has 1 aliphatic rings. The number of likely N-dealkylation sites (tertiary alicyclic amines) is 1. The number of piperidine rings is 1. The van der Waals surface area contributed by atoms with Crippen LogP contribution in [0.1, 0.15) is 53.4 Å². The van der Waals surface area contributed by atoms with E-state index in [9.17, 15) is 9.90 Å². The second-order valence-corrected chi connectivity index (χ2v) is 6.50. The lowest BCUT2D eigenvalue weighted by molar-refractivity contribution is -0.145.